The molecule has 0 unspecified atom stereocenters. The van der Waals surface area contributed by atoms with Crippen molar-refractivity contribution in [3.8, 4) is 5.75 Å². The number of amides is 2. The summed E-state index contributed by atoms with van der Waals surface area (Å²) in [4.78, 5) is 39.4. The maximum atomic E-state index is 14.0. The fraction of sp³-hybridized carbons (Fsp3) is 0.381. The molecule has 0 spiro atoms. The first kappa shape index (κ1) is 20.1. The molecule has 2 N–H and O–H groups in total. The van der Waals surface area contributed by atoms with E-state index in [9.17, 15) is 28.3 Å². The Labute approximate surface area is 170 Å². The van der Waals surface area contributed by atoms with Gasteiger partial charge in [-0.3, -0.25) is 14.4 Å². The Balaban J connectivity index is 1.68. The van der Waals surface area contributed by atoms with Gasteiger partial charge in [0.2, 0.25) is 5.43 Å². The first-order chi connectivity index (χ1) is 14.2. The number of nitrogens with zero attached hydrogens (tertiary/aromatic N) is 2. The normalized spacial score (nSPS) is 20.1. The molecule has 2 amide bonds. The van der Waals surface area contributed by atoms with E-state index in [1.807, 2.05) is 0 Å². The van der Waals surface area contributed by atoms with Gasteiger partial charge in [-0.2, -0.15) is 0 Å². The van der Waals surface area contributed by atoms with Crippen LogP contribution in [0.2, 0.25) is 0 Å². The number of benzene rings is 1. The standard InChI is InChI=1S/C21H21F2N3O4/c1-10-6-13(22)11(14(23)7-10)8-24-20(29)12-9-26-16-5-3-4-15(16)25(2)21(30)17(26)19(28)18(12)27/h6-7,9,15-16,28H,3-5,8H2,1-2H3,(H,24,29)/t15-,16+/m0/s1. The highest BCUT2D eigenvalue weighted by Crippen LogP contribution is 2.39. The molecular weight excluding hydrogens is 396 g/mol. The van der Waals surface area contributed by atoms with Crippen LogP contribution >= 0.6 is 0 Å². The molecular formula is C21H21F2N3O4. The zero-order chi connectivity index (χ0) is 21.7. The molecule has 1 saturated carbocycles. The first-order valence-electron chi connectivity index (χ1n) is 9.68. The van der Waals surface area contributed by atoms with Crippen LogP contribution in [0.4, 0.5) is 8.78 Å². The van der Waals surface area contributed by atoms with Gasteiger partial charge in [-0.25, -0.2) is 8.78 Å². The van der Waals surface area contributed by atoms with Crippen LogP contribution in [0.25, 0.3) is 0 Å². The fourth-order valence-electron chi connectivity index (χ4n) is 4.43. The maximum absolute atomic E-state index is 14.0. The van der Waals surface area contributed by atoms with E-state index in [0.717, 1.165) is 31.4 Å². The Bertz CT molecular complexity index is 1100. The third-order valence-electron chi connectivity index (χ3n) is 5.99. The van der Waals surface area contributed by atoms with Crippen molar-refractivity contribution in [1.82, 2.24) is 14.8 Å². The van der Waals surface area contributed by atoms with Crippen molar-refractivity contribution < 1.29 is 23.5 Å². The van der Waals surface area contributed by atoms with Gasteiger partial charge in [-0.1, -0.05) is 0 Å². The monoisotopic (exact) mass is 417 g/mol. The lowest BCUT2D eigenvalue weighted by Gasteiger charge is -2.38. The summed E-state index contributed by atoms with van der Waals surface area (Å²) in [6.07, 6.45) is 3.65. The molecule has 0 bridgehead atoms. The Hall–Kier alpha value is -3.23. The summed E-state index contributed by atoms with van der Waals surface area (Å²) in [5, 5.41) is 12.7. The second-order valence-corrected chi connectivity index (χ2v) is 7.85. The lowest BCUT2D eigenvalue weighted by atomic mass is 10.0. The van der Waals surface area contributed by atoms with Crippen LogP contribution in [0, 0.1) is 18.6 Å². The van der Waals surface area contributed by atoms with Crippen molar-refractivity contribution in [2.75, 3.05) is 7.05 Å². The van der Waals surface area contributed by atoms with Crippen molar-refractivity contribution in [3.05, 3.63) is 62.6 Å². The van der Waals surface area contributed by atoms with Crippen molar-refractivity contribution in [1.29, 1.82) is 0 Å². The van der Waals surface area contributed by atoms with Crippen LogP contribution < -0.4 is 10.7 Å². The van der Waals surface area contributed by atoms with E-state index >= 15 is 0 Å². The second-order valence-electron chi connectivity index (χ2n) is 7.85. The average Bonchev–Trinajstić information content (AvgIpc) is 3.17. The molecule has 158 valence electrons. The van der Waals surface area contributed by atoms with Crippen molar-refractivity contribution in [2.45, 2.75) is 44.8 Å². The molecule has 2 heterocycles. The number of aromatic nitrogens is 1. The SMILES string of the molecule is Cc1cc(F)c(CNC(=O)c2cn3c(c(O)c2=O)C(=O)N(C)[C@H]2CCC[C@H]23)c(F)c1. The molecule has 7 nitrogen and oxygen atoms in total. The van der Waals surface area contributed by atoms with Crippen molar-refractivity contribution in [2.24, 2.45) is 0 Å². The van der Waals surface area contributed by atoms with Gasteiger partial charge in [0, 0.05) is 25.4 Å². The highest BCUT2D eigenvalue weighted by molar-refractivity contribution is 5.99. The molecule has 1 aliphatic heterocycles. The maximum Gasteiger partial charge on any atom is 0.274 e. The summed E-state index contributed by atoms with van der Waals surface area (Å²) in [6, 6.07) is 2.05. The van der Waals surface area contributed by atoms with Gasteiger partial charge < -0.3 is 19.9 Å². The number of aromatic hydroxyl groups is 1. The van der Waals surface area contributed by atoms with Crippen LogP contribution in [-0.2, 0) is 6.54 Å². The minimum atomic E-state index is -0.998. The average molecular weight is 417 g/mol. The highest BCUT2D eigenvalue weighted by atomic mass is 19.1. The van der Waals surface area contributed by atoms with Gasteiger partial charge in [0.15, 0.2) is 11.4 Å². The number of aryl methyl sites for hydroxylation is 1. The van der Waals surface area contributed by atoms with Crippen LogP contribution in [0.5, 0.6) is 5.75 Å². The first-order valence-corrected chi connectivity index (χ1v) is 9.68. The van der Waals surface area contributed by atoms with Gasteiger partial charge >= 0.3 is 0 Å². The van der Waals surface area contributed by atoms with E-state index < -0.39 is 41.2 Å². The van der Waals surface area contributed by atoms with E-state index in [1.165, 1.54) is 15.7 Å². The number of hydrogen-bond donors (Lipinski definition) is 2. The lowest BCUT2D eigenvalue weighted by molar-refractivity contribution is 0.0616. The minimum absolute atomic E-state index is 0.0847. The van der Waals surface area contributed by atoms with Gasteiger partial charge in [0.25, 0.3) is 11.8 Å². The summed E-state index contributed by atoms with van der Waals surface area (Å²) in [5.74, 6) is -3.77. The molecule has 2 atom stereocenters. The van der Waals surface area contributed by atoms with Crippen LogP contribution in [0.1, 0.15) is 57.3 Å². The third kappa shape index (κ3) is 3.05. The van der Waals surface area contributed by atoms with E-state index in [1.54, 1.807) is 14.0 Å². The largest absolute Gasteiger partial charge is 0.503 e. The molecule has 2 aliphatic rings. The Kier molecular flexibility index (Phi) is 4.83. The number of nitrogens with one attached hydrogen (secondary N) is 1. The number of pyridine rings is 1. The van der Waals surface area contributed by atoms with Crippen molar-refractivity contribution >= 4 is 11.8 Å². The Morgan fingerprint density at radius 2 is 1.83 bits per heavy atom. The van der Waals surface area contributed by atoms with Crippen molar-refractivity contribution in [3.63, 3.8) is 0 Å². The van der Waals surface area contributed by atoms with Crippen LogP contribution in [0.3, 0.4) is 0 Å². The fourth-order valence-corrected chi connectivity index (χ4v) is 4.43. The summed E-state index contributed by atoms with van der Waals surface area (Å²) in [5.41, 5.74) is -1.45. The molecule has 1 aromatic heterocycles. The summed E-state index contributed by atoms with van der Waals surface area (Å²) in [6.45, 7) is 1.08. The number of fused-ring (bicyclic) bond motifs is 3. The summed E-state index contributed by atoms with van der Waals surface area (Å²) < 4.78 is 29.5. The zero-order valence-electron chi connectivity index (χ0n) is 16.5. The number of carbonyl (C=O) groups excluding carboxylic acids is 2. The number of rotatable bonds is 3. The second kappa shape index (κ2) is 7.23. The smallest absolute Gasteiger partial charge is 0.274 e. The molecule has 4 rings (SSSR count). The predicted molar refractivity (Wildman–Crippen MR) is 103 cm³/mol. The number of likely N-dealkylation sites (N-methyl/N-ethyl adjacent to an activating group) is 1. The molecule has 1 fully saturated rings. The number of halogens is 2. The molecule has 9 heteroatoms. The van der Waals surface area contributed by atoms with Gasteiger partial charge in [-0.15, -0.1) is 0 Å². The molecule has 30 heavy (non-hydrogen) atoms. The highest BCUT2D eigenvalue weighted by Gasteiger charge is 2.42. The van der Waals surface area contributed by atoms with Gasteiger partial charge in [-0.05, 0) is 43.9 Å². The predicted octanol–water partition coefficient (Wildman–Crippen LogP) is 2.25. The van der Waals surface area contributed by atoms with Crippen LogP contribution in [-0.4, -0.2) is 39.5 Å². The topological polar surface area (TPSA) is 91.6 Å². The zero-order valence-corrected chi connectivity index (χ0v) is 16.5. The molecule has 0 saturated heterocycles. The van der Waals surface area contributed by atoms with E-state index in [2.05, 4.69) is 5.32 Å². The lowest BCUT2D eigenvalue weighted by Crippen LogP contribution is -2.47. The third-order valence-corrected chi connectivity index (χ3v) is 5.99. The van der Waals surface area contributed by atoms with E-state index in [0.29, 0.717) is 5.56 Å². The minimum Gasteiger partial charge on any atom is -0.503 e. The Morgan fingerprint density at radius 3 is 2.50 bits per heavy atom. The van der Waals surface area contributed by atoms with E-state index in [4.69, 9.17) is 0 Å². The van der Waals surface area contributed by atoms with Gasteiger partial charge in [0.1, 0.15) is 17.2 Å². The molecule has 2 aromatic rings. The quantitative estimate of drug-likeness (QED) is 0.802. The molecule has 0 radical (unpaired) electrons. The number of hydrogen-bond acceptors (Lipinski definition) is 4. The summed E-state index contributed by atoms with van der Waals surface area (Å²) in [7, 11) is 1.63. The molecule has 1 aliphatic carbocycles. The number of carbonyl (C=O) groups is 2. The van der Waals surface area contributed by atoms with Crippen LogP contribution in [0.15, 0.2) is 23.1 Å². The summed E-state index contributed by atoms with van der Waals surface area (Å²) >= 11 is 0. The van der Waals surface area contributed by atoms with Gasteiger partial charge in [0.05, 0.1) is 12.1 Å². The molecule has 1 aromatic carbocycles. The Morgan fingerprint density at radius 1 is 1.20 bits per heavy atom. The van der Waals surface area contributed by atoms with E-state index in [-0.39, 0.29) is 28.9 Å².